The Morgan fingerprint density at radius 3 is 2.91 bits per heavy atom. The third-order valence-electron chi connectivity index (χ3n) is 4.34. The van der Waals surface area contributed by atoms with Gasteiger partial charge in [-0.1, -0.05) is 30.3 Å². The maximum Gasteiger partial charge on any atom is 0.220 e. The lowest BCUT2D eigenvalue weighted by molar-refractivity contribution is -0.122. The summed E-state index contributed by atoms with van der Waals surface area (Å²) in [5.41, 5.74) is 2.17. The normalized spacial score (nSPS) is 18.7. The maximum atomic E-state index is 12.4. The summed E-state index contributed by atoms with van der Waals surface area (Å²) in [6, 6.07) is 10.0. The Kier molecular flexibility index (Phi) is 5.08. The highest BCUT2D eigenvalue weighted by atomic mass is 16.5. The van der Waals surface area contributed by atoms with Gasteiger partial charge in [-0.2, -0.15) is 0 Å². The Morgan fingerprint density at radius 1 is 1.43 bits per heavy atom. The molecule has 0 bridgehead atoms. The highest BCUT2D eigenvalue weighted by Crippen LogP contribution is 2.27. The molecule has 1 amide bonds. The molecule has 1 aromatic carbocycles. The third-order valence-corrected chi connectivity index (χ3v) is 4.34. The average Bonchev–Trinajstić information content (AvgIpc) is 3.23. The fourth-order valence-corrected chi connectivity index (χ4v) is 3.03. The van der Waals surface area contributed by atoms with Gasteiger partial charge in [0.2, 0.25) is 5.91 Å². The second-order valence-electron chi connectivity index (χ2n) is 6.00. The summed E-state index contributed by atoms with van der Waals surface area (Å²) in [6.45, 7) is 0.777. The van der Waals surface area contributed by atoms with E-state index in [1.807, 2.05) is 48.1 Å². The number of ether oxygens (including phenoxy) is 1. The van der Waals surface area contributed by atoms with E-state index in [1.54, 1.807) is 6.33 Å². The van der Waals surface area contributed by atoms with Crippen molar-refractivity contribution < 1.29 is 9.53 Å². The number of amides is 1. The molecule has 1 aromatic heterocycles. The second kappa shape index (κ2) is 7.42. The van der Waals surface area contributed by atoms with Crippen molar-refractivity contribution in [3.63, 3.8) is 0 Å². The number of hydrogen-bond acceptors (Lipinski definition) is 3. The van der Waals surface area contributed by atoms with Crippen molar-refractivity contribution >= 4 is 5.91 Å². The highest BCUT2D eigenvalue weighted by molar-refractivity contribution is 5.76. The molecule has 2 aromatic rings. The van der Waals surface area contributed by atoms with E-state index in [4.69, 9.17) is 4.74 Å². The number of nitrogens with zero attached hydrogens (tertiary/aromatic N) is 2. The van der Waals surface area contributed by atoms with Gasteiger partial charge in [0.05, 0.1) is 18.5 Å². The number of rotatable bonds is 6. The number of imidazole rings is 1. The Hall–Kier alpha value is -2.14. The minimum atomic E-state index is -0.0715. The zero-order chi connectivity index (χ0) is 16.1. The predicted molar refractivity (Wildman–Crippen MR) is 87.8 cm³/mol. The Morgan fingerprint density at radius 2 is 2.26 bits per heavy atom. The van der Waals surface area contributed by atoms with Gasteiger partial charge in [-0.15, -0.1) is 0 Å². The first-order chi connectivity index (χ1) is 11.2. The van der Waals surface area contributed by atoms with Gasteiger partial charge in [-0.3, -0.25) is 4.79 Å². The van der Waals surface area contributed by atoms with Crippen LogP contribution in [0.3, 0.4) is 0 Å². The summed E-state index contributed by atoms with van der Waals surface area (Å²) in [5, 5.41) is 3.16. The quantitative estimate of drug-likeness (QED) is 0.891. The Bertz CT molecular complexity index is 633. The molecule has 2 atom stereocenters. The van der Waals surface area contributed by atoms with E-state index in [1.165, 1.54) is 0 Å². The van der Waals surface area contributed by atoms with Crippen molar-refractivity contribution in [2.45, 2.75) is 37.8 Å². The minimum Gasteiger partial charge on any atom is -0.376 e. The summed E-state index contributed by atoms with van der Waals surface area (Å²) in [6.07, 6.45) is 6.82. The molecule has 1 fully saturated rings. The molecule has 1 N–H and O–H groups in total. The summed E-state index contributed by atoms with van der Waals surface area (Å²) in [4.78, 5) is 16.5. The largest absolute Gasteiger partial charge is 0.376 e. The molecule has 1 aliphatic rings. The van der Waals surface area contributed by atoms with E-state index in [9.17, 15) is 4.79 Å². The number of nitrogens with one attached hydrogen (secondary N) is 1. The van der Waals surface area contributed by atoms with Gasteiger partial charge in [-0.05, 0) is 24.8 Å². The number of benzene rings is 1. The van der Waals surface area contributed by atoms with Crippen LogP contribution < -0.4 is 5.32 Å². The van der Waals surface area contributed by atoms with Crippen molar-refractivity contribution in [2.75, 3.05) is 6.61 Å². The molecule has 5 nitrogen and oxygen atoms in total. The number of carbonyl (C=O) groups is 1. The Labute approximate surface area is 136 Å². The second-order valence-corrected chi connectivity index (χ2v) is 6.00. The molecule has 0 spiro atoms. The van der Waals surface area contributed by atoms with Crippen LogP contribution in [0.5, 0.6) is 0 Å². The molecule has 0 saturated carbocycles. The summed E-state index contributed by atoms with van der Waals surface area (Å²) >= 11 is 0. The molecule has 1 aliphatic heterocycles. The van der Waals surface area contributed by atoms with Crippen LogP contribution in [0.1, 0.15) is 36.6 Å². The SMILES string of the molecule is Cn1cncc1CCC(=O)NC(c1ccccc1)C1CCCO1. The average molecular weight is 313 g/mol. The van der Waals surface area contributed by atoms with Crippen LogP contribution in [0.2, 0.25) is 0 Å². The number of hydrogen-bond donors (Lipinski definition) is 1. The van der Waals surface area contributed by atoms with Crippen LogP contribution in [0.4, 0.5) is 0 Å². The molecular weight excluding hydrogens is 290 g/mol. The fraction of sp³-hybridized carbons (Fsp3) is 0.444. The van der Waals surface area contributed by atoms with E-state index in [0.717, 1.165) is 30.7 Å². The Balaban J connectivity index is 1.63. The molecular formula is C18H23N3O2. The van der Waals surface area contributed by atoms with Crippen LogP contribution in [0, 0.1) is 0 Å². The van der Waals surface area contributed by atoms with Crippen molar-refractivity contribution in [3.8, 4) is 0 Å². The first kappa shape index (κ1) is 15.7. The molecule has 23 heavy (non-hydrogen) atoms. The third kappa shape index (κ3) is 3.99. The molecule has 0 aliphatic carbocycles. The summed E-state index contributed by atoms with van der Waals surface area (Å²) in [5.74, 6) is 0.0514. The summed E-state index contributed by atoms with van der Waals surface area (Å²) < 4.78 is 7.76. The van der Waals surface area contributed by atoms with Crippen molar-refractivity contribution in [2.24, 2.45) is 7.05 Å². The number of aromatic nitrogens is 2. The van der Waals surface area contributed by atoms with Crippen LogP contribution in [-0.4, -0.2) is 28.2 Å². The lowest BCUT2D eigenvalue weighted by Crippen LogP contribution is -2.36. The predicted octanol–water partition coefficient (Wildman–Crippen LogP) is 2.39. The van der Waals surface area contributed by atoms with E-state index >= 15 is 0 Å². The van der Waals surface area contributed by atoms with Crippen LogP contribution in [-0.2, 0) is 23.0 Å². The minimum absolute atomic E-state index is 0.0514. The van der Waals surface area contributed by atoms with Crippen molar-refractivity contribution in [3.05, 3.63) is 54.1 Å². The zero-order valence-electron chi connectivity index (χ0n) is 13.4. The fourth-order valence-electron chi connectivity index (χ4n) is 3.03. The maximum absolute atomic E-state index is 12.4. The summed E-state index contributed by atoms with van der Waals surface area (Å²) in [7, 11) is 1.94. The van der Waals surface area contributed by atoms with E-state index in [-0.39, 0.29) is 18.1 Å². The smallest absolute Gasteiger partial charge is 0.220 e. The molecule has 2 unspecified atom stereocenters. The van der Waals surface area contributed by atoms with Crippen LogP contribution in [0.15, 0.2) is 42.9 Å². The van der Waals surface area contributed by atoms with Gasteiger partial charge in [0, 0.05) is 32.0 Å². The van der Waals surface area contributed by atoms with Crippen molar-refractivity contribution in [1.29, 1.82) is 0 Å². The topological polar surface area (TPSA) is 56.2 Å². The zero-order valence-corrected chi connectivity index (χ0v) is 13.4. The molecule has 3 rings (SSSR count). The van der Waals surface area contributed by atoms with Gasteiger partial charge in [-0.25, -0.2) is 4.98 Å². The molecule has 1 saturated heterocycles. The number of carbonyl (C=O) groups excluding carboxylic acids is 1. The lowest BCUT2D eigenvalue weighted by atomic mass is 9.99. The molecule has 0 radical (unpaired) electrons. The number of aryl methyl sites for hydroxylation is 2. The van der Waals surface area contributed by atoms with Crippen LogP contribution >= 0.6 is 0 Å². The van der Waals surface area contributed by atoms with E-state index in [2.05, 4.69) is 10.3 Å². The van der Waals surface area contributed by atoms with Gasteiger partial charge in [0.15, 0.2) is 0 Å². The van der Waals surface area contributed by atoms with Crippen LogP contribution in [0.25, 0.3) is 0 Å². The first-order valence-corrected chi connectivity index (χ1v) is 8.15. The van der Waals surface area contributed by atoms with Crippen molar-refractivity contribution in [1.82, 2.24) is 14.9 Å². The van der Waals surface area contributed by atoms with Gasteiger partial charge < -0.3 is 14.6 Å². The molecule has 5 heteroatoms. The highest BCUT2D eigenvalue weighted by Gasteiger charge is 2.28. The van der Waals surface area contributed by atoms with E-state index in [0.29, 0.717) is 12.8 Å². The van der Waals surface area contributed by atoms with Gasteiger partial charge in [0.25, 0.3) is 0 Å². The van der Waals surface area contributed by atoms with Gasteiger partial charge >= 0.3 is 0 Å². The molecule has 122 valence electrons. The van der Waals surface area contributed by atoms with E-state index < -0.39 is 0 Å². The standard InChI is InChI=1S/C18H23N3O2/c1-21-13-19-12-15(21)9-10-17(22)20-18(16-8-5-11-23-16)14-6-3-2-4-7-14/h2-4,6-7,12-13,16,18H,5,8-11H2,1H3,(H,20,22). The molecule has 2 heterocycles. The lowest BCUT2D eigenvalue weighted by Gasteiger charge is -2.24. The first-order valence-electron chi connectivity index (χ1n) is 8.15. The van der Waals surface area contributed by atoms with Gasteiger partial charge in [0.1, 0.15) is 0 Å². The monoisotopic (exact) mass is 313 g/mol.